The zero-order valence-corrected chi connectivity index (χ0v) is 10.8. The van der Waals surface area contributed by atoms with Crippen LogP contribution in [0.2, 0.25) is 0 Å². The molecule has 2 aromatic rings. The van der Waals surface area contributed by atoms with Crippen molar-refractivity contribution in [1.82, 2.24) is 4.98 Å². The Labute approximate surface area is 109 Å². The lowest BCUT2D eigenvalue weighted by molar-refractivity contribution is -0.137. The first-order valence-corrected chi connectivity index (χ1v) is 7.28. The van der Waals surface area contributed by atoms with Crippen LogP contribution in [0.15, 0.2) is 34.0 Å². The topological polar surface area (TPSA) is 36.0 Å². The summed E-state index contributed by atoms with van der Waals surface area (Å²) in [6.45, 7) is 0. The van der Waals surface area contributed by atoms with Gasteiger partial charge in [0.1, 0.15) is 6.26 Å². The lowest BCUT2D eigenvalue weighted by Crippen LogP contribution is -2.04. The second-order valence-corrected chi connectivity index (χ2v) is 5.94. The SMILES string of the molecule is C[S+]([O-])c1nc(-c2cccc(C(F)(F)F)c2)cs1. The van der Waals surface area contributed by atoms with E-state index in [-0.39, 0.29) is 0 Å². The van der Waals surface area contributed by atoms with Crippen molar-refractivity contribution in [1.29, 1.82) is 0 Å². The van der Waals surface area contributed by atoms with Gasteiger partial charge >= 0.3 is 10.5 Å². The number of hydrogen-bond donors (Lipinski definition) is 0. The van der Waals surface area contributed by atoms with E-state index in [2.05, 4.69) is 4.98 Å². The van der Waals surface area contributed by atoms with Crippen LogP contribution >= 0.6 is 11.3 Å². The maximum absolute atomic E-state index is 12.6. The van der Waals surface area contributed by atoms with Crippen LogP contribution in [0.1, 0.15) is 5.56 Å². The molecule has 0 saturated heterocycles. The highest BCUT2D eigenvalue weighted by Crippen LogP contribution is 2.32. The summed E-state index contributed by atoms with van der Waals surface area (Å²) in [5.41, 5.74) is 0.0706. The Morgan fingerprint density at radius 2 is 2.06 bits per heavy atom. The fourth-order valence-electron chi connectivity index (χ4n) is 1.38. The third-order valence-electron chi connectivity index (χ3n) is 2.21. The molecule has 0 aliphatic heterocycles. The second kappa shape index (κ2) is 4.91. The van der Waals surface area contributed by atoms with E-state index >= 15 is 0 Å². The maximum Gasteiger partial charge on any atom is 0.416 e. The summed E-state index contributed by atoms with van der Waals surface area (Å²) in [7, 11) is 0. The van der Waals surface area contributed by atoms with Crippen LogP contribution in [-0.2, 0) is 17.4 Å². The van der Waals surface area contributed by atoms with E-state index in [0.717, 1.165) is 12.1 Å². The third-order valence-corrected chi connectivity index (χ3v) is 4.42. The van der Waals surface area contributed by atoms with Gasteiger partial charge in [-0.3, -0.25) is 0 Å². The second-order valence-electron chi connectivity index (χ2n) is 3.53. The van der Waals surface area contributed by atoms with Gasteiger partial charge in [-0.25, -0.2) is 0 Å². The first-order valence-electron chi connectivity index (χ1n) is 4.84. The van der Waals surface area contributed by atoms with Crippen LogP contribution in [0.25, 0.3) is 11.3 Å². The summed E-state index contributed by atoms with van der Waals surface area (Å²) in [6, 6.07) is 4.93. The molecule has 0 aliphatic carbocycles. The molecule has 0 bridgehead atoms. The third kappa shape index (κ3) is 2.85. The Morgan fingerprint density at radius 1 is 1.33 bits per heavy atom. The Kier molecular flexibility index (Phi) is 3.65. The van der Waals surface area contributed by atoms with E-state index in [1.807, 2.05) is 0 Å². The lowest BCUT2D eigenvalue weighted by atomic mass is 10.1. The minimum absolute atomic E-state index is 0.373. The zero-order valence-electron chi connectivity index (χ0n) is 9.19. The molecule has 2 rings (SSSR count). The van der Waals surface area contributed by atoms with E-state index in [1.54, 1.807) is 11.4 Å². The first kappa shape index (κ1) is 13.4. The normalized spacial score (nSPS) is 13.6. The molecule has 0 radical (unpaired) electrons. The summed E-state index contributed by atoms with van der Waals surface area (Å²) in [5, 5.41) is 1.60. The standard InChI is InChI=1S/C11H8F3NOS2/c1-18(16)10-15-9(6-17-10)7-3-2-4-8(5-7)11(12,13)14/h2-6H,1H3. The van der Waals surface area contributed by atoms with Crippen LogP contribution < -0.4 is 0 Å². The van der Waals surface area contributed by atoms with Gasteiger partial charge in [-0.2, -0.15) is 18.2 Å². The Morgan fingerprint density at radius 3 is 2.61 bits per heavy atom. The minimum atomic E-state index is -4.37. The van der Waals surface area contributed by atoms with Crippen LogP contribution in [0.5, 0.6) is 0 Å². The van der Waals surface area contributed by atoms with Gasteiger partial charge in [-0.1, -0.05) is 23.5 Å². The lowest BCUT2D eigenvalue weighted by Gasteiger charge is -2.07. The van der Waals surface area contributed by atoms with Gasteiger partial charge in [0, 0.05) is 22.1 Å². The van der Waals surface area contributed by atoms with Crippen LogP contribution in [0.4, 0.5) is 13.2 Å². The van der Waals surface area contributed by atoms with Crippen LogP contribution in [0, 0.1) is 0 Å². The summed E-state index contributed by atoms with van der Waals surface area (Å²) < 4.78 is 49.3. The van der Waals surface area contributed by atoms with Crippen molar-refractivity contribution in [2.75, 3.05) is 6.26 Å². The minimum Gasteiger partial charge on any atom is -0.610 e. The highest BCUT2D eigenvalue weighted by atomic mass is 32.2. The predicted octanol–water partition coefficient (Wildman–Crippen LogP) is 3.57. The molecule has 7 heteroatoms. The molecular formula is C11H8F3NOS2. The van der Waals surface area contributed by atoms with E-state index in [9.17, 15) is 17.7 Å². The molecule has 1 atom stereocenters. The summed E-state index contributed by atoms with van der Waals surface area (Å²) in [6.07, 6.45) is -2.89. The van der Waals surface area contributed by atoms with E-state index < -0.39 is 22.9 Å². The van der Waals surface area contributed by atoms with Gasteiger partial charge in [0.2, 0.25) is 0 Å². The number of hydrogen-bond acceptors (Lipinski definition) is 3. The molecule has 1 unspecified atom stereocenters. The molecule has 0 amide bonds. The molecule has 1 aromatic heterocycles. The number of aromatic nitrogens is 1. The fraction of sp³-hybridized carbons (Fsp3) is 0.182. The molecule has 0 aliphatic rings. The van der Waals surface area contributed by atoms with Crippen molar-refractivity contribution >= 4 is 22.5 Å². The van der Waals surface area contributed by atoms with E-state index in [0.29, 0.717) is 15.6 Å². The molecule has 0 spiro atoms. The van der Waals surface area contributed by atoms with Crippen molar-refractivity contribution < 1.29 is 17.7 Å². The number of alkyl halides is 3. The maximum atomic E-state index is 12.6. The van der Waals surface area contributed by atoms with Crippen LogP contribution in [-0.4, -0.2) is 15.8 Å². The monoisotopic (exact) mass is 291 g/mol. The Bertz CT molecular complexity index is 551. The van der Waals surface area contributed by atoms with Crippen molar-refractivity contribution in [3.05, 3.63) is 35.2 Å². The average molecular weight is 291 g/mol. The number of thiazole rings is 1. The van der Waals surface area contributed by atoms with Gasteiger partial charge < -0.3 is 4.55 Å². The molecule has 1 aromatic carbocycles. The van der Waals surface area contributed by atoms with Gasteiger partial charge in [0.15, 0.2) is 0 Å². The molecule has 1 heterocycles. The van der Waals surface area contributed by atoms with E-state index in [1.165, 1.54) is 23.7 Å². The first-order chi connectivity index (χ1) is 8.38. The zero-order chi connectivity index (χ0) is 13.3. The Balaban J connectivity index is 2.38. The van der Waals surface area contributed by atoms with Gasteiger partial charge in [-0.15, -0.1) is 0 Å². The van der Waals surface area contributed by atoms with Gasteiger partial charge in [0.25, 0.3) is 0 Å². The van der Waals surface area contributed by atoms with Gasteiger partial charge in [-0.05, 0) is 12.1 Å². The quantitative estimate of drug-likeness (QED) is 0.793. The summed E-state index contributed by atoms with van der Waals surface area (Å²) >= 11 is -0.0458. The number of benzene rings is 1. The molecular weight excluding hydrogens is 283 g/mol. The Hall–Kier alpha value is -1.05. The largest absolute Gasteiger partial charge is 0.610 e. The summed E-state index contributed by atoms with van der Waals surface area (Å²) in [5.74, 6) is 0. The number of halogens is 3. The molecule has 96 valence electrons. The summed E-state index contributed by atoms with van der Waals surface area (Å²) in [4.78, 5) is 4.05. The van der Waals surface area contributed by atoms with Crippen molar-refractivity contribution in [3.63, 3.8) is 0 Å². The van der Waals surface area contributed by atoms with E-state index in [4.69, 9.17) is 0 Å². The number of nitrogens with zero attached hydrogens (tertiary/aromatic N) is 1. The van der Waals surface area contributed by atoms with Gasteiger partial charge in [0.05, 0.1) is 11.3 Å². The highest BCUT2D eigenvalue weighted by Gasteiger charge is 2.30. The fourth-order valence-corrected chi connectivity index (χ4v) is 2.84. The molecule has 2 nitrogen and oxygen atoms in total. The smallest absolute Gasteiger partial charge is 0.416 e. The molecule has 0 saturated carbocycles. The number of rotatable bonds is 2. The molecule has 0 fully saturated rings. The molecule has 0 N–H and O–H groups in total. The highest BCUT2D eigenvalue weighted by molar-refractivity contribution is 7.92. The van der Waals surface area contributed by atoms with Crippen molar-refractivity contribution in [2.24, 2.45) is 0 Å². The average Bonchev–Trinajstić information content (AvgIpc) is 2.77. The molecule has 18 heavy (non-hydrogen) atoms. The van der Waals surface area contributed by atoms with Crippen LogP contribution in [0.3, 0.4) is 0 Å². The van der Waals surface area contributed by atoms with Crippen molar-refractivity contribution in [3.8, 4) is 11.3 Å². The predicted molar refractivity (Wildman–Crippen MR) is 64.9 cm³/mol. The van der Waals surface area contributed by atoms with Crippen molar-refractivity contribution in [2.45, 2.75) is 10.5 Å².